The van der Waals surface area contributed by atoms with Gasteiger partial charge in [0.1, 0.15) is 5.75 Å². The van der Waals surface area contributed by atoms with E-state index >= 15 is 0 Å². The van der Waals surface area contributed by atoms with Crippen LogP contribution < -0.4 is 5.32 Å². The molecule has 2 aromatic rings. The van der Waals surface area contributed by atoms with Gasteiger partial charge in [-0.15, -0.1) is 0 Å². The van der Waals surface area contributed by atoms with E-state index in [-0.39, 0.29) is 28.9 Å². The number of benzene rings is 2. The highest BCUT2D eigenvalue weighted by atomic mass is 32.2. The number of phenolic OH excluding ortho intramolecular Hbond substituents is 1. The molecule has 0 unspecified atom stereocenters. The second-order valence-corrected chi connectivity index (χ2v) is 7.95. The first kappa shape index (κ1) is 20.7. The number of aromatic hydroxyl groups is 1. The number of carbonyl (C=O) groups is 1. The van der Waals surface area contributed by atoms with E-state index in [4.69, 9.17) is 4.55 Å². The average molecular weight is 389 g/mol. The Hall–Kier alpha value is -2.64. The molecule has 0 saturated carbocycles. The molecule has 2 aromatic carbocycles. The summed E-state index contributed by atoms with van der Waals surface area (Å²) in [6, 6.07) is 8.96. The Morgan fingerprint density at radius 1 is 1.22 bits per heavy atom. The van der Waals surface area contributed by atoms with Crippen LogP contribution in [0.4, 0.5) is 5.69 Å². The van der Waals surface area contributed by atoms with E-state index < -0.39 is 10.1 Å². The molecule has 0 aromatic heterocycles. The maximum absolute atomic E-state index is 12.2. The van der Waals surface area contributed by atoms with E-state index in [1.807, 2.05) is 26.0 Å². The van der Waals surface area contributed by atoms with Gasteiger partial charge >= 0.3 is 0 Å². The van der Waals surface area contributed by atoms with Gasteiger partial charge in [0.05, 0.1) is 4.90 Å². The predicted octanol–water partition coefficient (Wildman–Crippen LogP) is 3.98. The van der Waals surface area contributed by atoms with Crippen molar-refractivity contribution in [1.82, 2.24) is 0 Å². The average Bonchev–Trinajstić information content (AvgIpc) is 2.60. The minimum atomic E-state index is -4.26. The zero-order valence-electron chi connectivity index (χ0n) is 15.3. The molecular formula is C20H23NO5S. The lowest BCUT2D eigenvalue weighted by atomic mass is 9.94. The molecule has 0 heterocycles. The van der Waals surface area contributed by atoms with Crippen LogP contribution in [0, 0.1) is 0 Å². The first-order valence-corrected chi connectivity index (χ1v) is 9.91. The fourth-order valence-electron chi connectivity index (χ4n) is 2.68. The highest BCUT2D eigenvalue weighted by molar-refractivity contribution is 7.85. The van der Waals surface area contributed by atoms with Crippen LogP contribution >= 0.6 is 0 Å². The zero-order valence-corrected chi connectivity index (χ0v) is 16.1. The lowest BCUT2D eigenvalue weighted by Crippen LogP contribution is -2.12. The maximum Gasteiger partial charge on any atom is 0.294 e. The summed E-state index contributed by atoms with van der Waals surface area (Å²) >= 11 is 0. The minimum absolute atomic E-state index is 0.138. The monoisotopic (exact) mass is 389 g/mol. The second-order valence-electron chi connectivity index (χ2n) is 6.53. The number of rotatable bonds is 7. The molecule has 0 radical (unpaired) electrons. The van der Waals surface area contributed by atoms with Crippen molar-refractivity contribution in [1.29, 1.82) is 0 Å². The number of anilines is 1. The third kappa shape index (κ3) is 5.42. The lowest BCUT2D eigenvalue weighted by molar-refractivity contribution is -0.116. The molecule has 0 spiro atoms. The Balaban J connectivity index is 2.05. The summed E-state index contributed by atoms with van der Waals surface area (Å²) in [5, 5.41) is 12.9. The standard InChI is InChI=1S/C20H23NO5S/c1-4-15-11-14(12-18(13(2)3)20(15)23)5-10-19(22)21-16-6-8-17(9-7-16)27(24,25)26/h4,6-9,11-13,23H,1,5,10H2,2-3H3,(H,21,22)(H,24,25,26). The third-order valence-corrected chi connectivity index (χ3v) is 5.02. The van der Waals surface area contributed by atoms with Crippen LogP contribution in [0.25, 0.3) is 6.08 Å². The highest BCUT2D eigenvalue weighted by Gasteiger charge is 2.13. The van der Waals surface area contributed by atoms with Gasteiger partial charge in [-0.2, -0.15) is 8.42 Å². The zero-order chi connectivity index (χ0) is 20.2. The molecule has 27 heavy (non-hydrogen) atoms. The van der Waals surface area contributed by atoms with Gasteiger partial charge in [-0.05, 0) is 53.8 Å². The number of phenols is 1. The van der Waals surface area contributed by atoms with Crippen molar-refractivity contribution in [3.8, 4) is 5.75 Å². The Morgan fingerprint density at radius 2 is 1.85 bits per heavy atom. The lowest BCUT2D eigenvalue weighted by Gasteiger charge is -2.14. The third-order valence-electron chi connectivity index (χ3n) is 4.15. The van der Waals surface area contributed by atoms with Gasteiger partial charge in [0.25, 0.3) is 10.1 Å². The molecule has 6 nitrogen and oxygen atoms in total. The largest absolute Gasteiger partial charge is 0.507 e. The number of hydrogen-bond acceptors (Lipinski definition) is 4. The van der Waals surface area contributed by atoms with Crippen molar-refractivity contribution in [2.45, 2.75) is 37.5 Å². The summed E-state index contributed by atoms with van der Waals surface area (Å²) in [5.41, 5.74) is 2.80. The number of amides is 1. The summed E-state index contributed by atoms with van der Waals surface area (Å²) in [5.74, 6) is 0.125. The SMILES string of the molecule is C=Cc1cc(CCC(=O)Nc2ccc(S(=O)(=O)O)cc2)cc(C(C)C)c1O. The van der Waals surface area contributed by atoms with Gasteiger partial charge in [0.2, 0.25) is 5.91 Å². The summed E-state index contributed by atoms with van der Waals surface area (Å²) in [6.07, 6.45) is 2.29. The van der Waals surface area contributed by atoms with E-state index in [0.717, 1.165) is 11.1 Å². The molecule has 144 valence electrons. The van der Waals surface area contributed by atoms with Crippen LogP contribution in [0.1, 0.15) is 42.9 Å². The van der Waals surface area contributed by atoms with Crippen molar-refractivity contribution in [3.05, 3.63) is 59.7 Å². The summed E-state index contributed by atoms with van der Waals surface area (Å²) in [6.45, 7) is 7.67. The quantitative estimate of drug-likeness (QED) is 0.622. The Kier molecular flexibility index (Phi) is 6.41. The van der Waals surface area contributed by atoms with E-state index in [1.54, 1.807) is 6.08 Å². The molecule has 1 amide bonds. The smallest absolute Gasteiger partial charge is 0.294 e. The highest BCUT2D eigenvalue weighted by Crippen LogP contribution is 2.31. The molecule has 0 aliphatic heterocycles. The summed E-state index contributed by atoms with van der Waals surface area (Å²) in [7, 11) is -4.26. The van der Waals surface area contributed by atoms with E-state index in [2.05, 4.69) is 11.9 Å². The molecule has 7 heteroatoms. The van der Waals surface area contributed by atoms with Gasteiger partial charge in [0, 0.05) is 17.7 Å². The molecule has 0 fully saturated rings. The van der Waals surface area contributed by atoms with Crippen LogP contribution in [0.15, 0.2) is 47.9 Å². The van der Waals surface area contributed by atoms with E-state index in [9.17, 15) is 18.3 Å². The number of aryl methyl sites for hydroxylation is 1. The Labute approximate surface area is 159 Å². The van der Waals surface area contributed by atoms with Crippen LogP contribution in [0.3, 0.4) is 0 Å². The first-order chi connectivity index (χ1) is 12.6. The van der Waals surface area contributed by atoms with Crippen molar-refractivity contribution < 1.29 is 22.9 Å². The van der Waals surface area contributed by atoms with Gasteiger partial charge < -0.3 is 10.4 Å². The Bertz CT molecular complexity index is 947. The molecule has 0 atom stereocenters. The van der Waals surface area contributed by atoms with Gasteiger partial charge in [0.15, 0.2) is 0 Å². The minimum Gasteiger partial charge on any atom is -0.507 e. The number of nitrogens with one attached hydrogen (secondary N) is 1. The number of carbonyl (C=O) groups excluding carboxylic acids is 1. The molecule has 0 bridgehead atoms. The fourth-order valence-corrected chi connectivity index (χ4v) is 3.16. The van der Waals surface area contributed by atoms with Gasteiger partial charge in [-0.25, -0.2) is 0 Å². The molecule has 3 N–H and O–H groups in total. The maximum atomic E-state index is 12.2. The summed E-state index contributed by atoms with van der Waals surface area (Å²) in [4.78, 5) is 11.9. The molecule has 0 saturated heterocycles. The van der Waals surface area contributed by atoms with Crippen LogP contribution in [0.2, 0.25) is 0 Å². The Morgan fingerprint density at radius 3 is 2.37 bits per heavy atom. The topological polar surface area (TPSA) is 104 Å². The normalized spacial score (nSPS) is 11.4. The van der Waals surface area contributed by atoms with Crippen LogP contribution in [-0.2, 0) is 21.3 Å². The van der Waals surface area contributed by atoms with Crippen molar-refractivity contribution >= 4 is 27.8 Å². The molecule has 0 aliphatic carbocycles. The molecule has 2 rings (SSSR count). The molecule has 0 aliphatic rings. The van der Waals surface area contributed by atoms with Crippen LogP contribution in [0.5, 0.6) is 5.75 Å². The van der Waals surface area contributed by atoms with E-state index in [1.165, 1.54) is 24.3 Å². The number of hydrogen-bond donors (Lipinski definition) is 3. The second kappa shape index (κ2) is 8.37. The van der Waals surface area contributed by atoms with E-state index in [0.29, 0.717) is 17.7 Å². The van der Waals surface area contributed by atoms with Crippen molar-refractivity contribution in [2.24, 2.45) is 0 Å². The predicted molar refractivity (Wildman–Crippen MR) is 105 cm³/mol. The van der Waals surface area contributed by atoms with Gasteiger partial charge in [-0.3, -0.25) is 9.35 Å². The van der Waals surface area contributed by atoms with Crippen LogP contribution in [-0.4, -0.2) is 24.0 Å². The summed E-state index contributed by atoms with van der Waals surface area (Å²) < 4.78 is 31.0. The van der Waals surface area contributed by atoms with Crippen molar-refractivity contribution in [3.63, 3.8) is 0 Å². The molecular weight excluding hydrogens is 366 g/mol. The first-order valence-electron chi connectivity index (χ1n) is 8.47. The van der Waals surface area contributed by atoms with Gasteiger partial charge in [-0.1, -0.05) is 32.6 Å². The van der Waals surface area contributed by atoms with Crippen molar-refractivity contribution in [2.75, 3.05) is 5.32 Å². The fraction of sp³-hybridized carbons (Fsp3) is 0.250.